The van der Waals surface area contributed by atoms with Crippen LogP contribution >= 0.6 is 24.0 Å². The molecular formula is C11H13Cl2F2NO2. The number of halogens is 4. The van der Waals surface area contributed by atoms with Crippen LogP contribution in [0.3, 0.4) is 0 Å². The third kappa shape index (κ3) is 4.08. The van der Waals surface area contributed by atoms with Crippen LogP contribution in [-0.4, -0.2) is 18.7 Å². The van der Waals surface area contributed by atoms with Crippen molar-refractivity contribution in [3.05, 3.63) is 34.6 Å². The summed E-state index contributed by atoms with van der Waals surface area (Å²) in [6.07, 6.45) is -2.03. The number of alkyl halides is 1. The second-order valence-corrected chi connectivity index (χ2v) is 3.75. The molecule has 0 saturated heterocycles. The van der Waals surface area contributed by atoms with E-state index in [0.717, 1.165) is 12.1 Å². The zero-order chi connectivity index (χ0) is 13.0. The average molecular weight is 300 g/mol. The number of rotatable bonds is 4. The standard InChI is InChI=1S/C11H12ClF2NO2.ClH/c1-2-17-11(16)9(14)10(15)7-4-3-6(13)5-8(7)12;/h3-5,9-10H,2,15H2,1H3;1H/t9?,10-;/m0./s1. The molecule has 0 saturated carbocycles. The smallest absolute Gasteiger partial charge is 0.342 e. The maximum Gasteiger partial charge on any atom is 0.342 e. The van der Waals surface area contributed by atoms with Crippen LogP contribution in [0.4, 0.5) is 8.78 Å². The normalized spacial score (nSPS) is 13.4. The SMILES string of the molecule is CCOC(=O)C(F)[C@@H](N)c1ccc(F)cc1Cl.Cl. The summed E-state index contributed by atoms with van der Waals surface area (Å²) in [7, 11) is 0. The van der Waals surface area contributed by atoms with Crippen LogP contribution < -0.4 is 5.73 Å². The molecule has 0 amide bonds. The van der Waals surface area contributed by atoms with E-state index in [1.54, 1.807) is 6.92 Å². The summed E-state index contributed by atoms with van der Waals surface area (Å²) < 4.78 is 30.9. The van der Waals surface area contributed by atoms with Gasteiger partial charge in [0.25, 0.3) is 0 Å². The Morgan fingerprint density at radius 1 is 1.56 bits per heavy atom. The largest absolute Gasteiger partial charge is 0.464 e. The molecule has 7 heteroatoms. The molecule has 0 bridgehead atoms. The molecule has 1 aromatic carbocycles. The first-order valence-electron chi connectivity index (χ1n) is 4.98. The van der Waals surface area contributed by atoms with E-state index in [2.05, 4.69) is 4.74 Å². The Bertz CT molecular complexity index is 418. The van der Waals surface area contributed by atoms with Gasteiger partial charge < -0.3 is 10.5 Å². The van der Waals surface area contributed by atoms with Crippen molar-refractivity contribution in [2.24, 2.45) is 5.73 Å². The number of ether oxygens (including phenoxy) is 1. The first-order valence-corrected chi connectivity index (χ1v) is 5.36. The predicted molar refractivity (Wildman–Crippen MR) is 67.1 cm³/mol. The molecule has 0 radical (unpaired) electrons. The van der Waals surface area contributed by atoms with E-state index in [1.807, 2.05) is 0 Å². The van der Waals surface area contributed by atoms with E-state index in [1.165, 1.54) is 6.07 Å². The molecule has 1 aromatic rings. The lowest BCUT2D eigenvalue weighted by molar-refractivity contribution is -0.149. The molecule has 0 aliphatic carbocycles. The Labute approximate surface area is 115 Å². The van der Waals surface area contributed by atoms with E-state index < -0.39 is 24.0 Å². The van der Waals surface area contributed by atoms with Crippen LogP contribution in [0.1, 0.15) is 18.5 Å². The van der Waals surface area contributed by atoms with Gasteiger partial charge in [-0.3, -0.25) is 0 Å². The molecule has 102 valence electrons. The number of carbonyl (C=O) groups is 1. The summed E-state index contributed by atoms with van der Waals surface area (Å²) in [5, 5.41) is -0.0237. The first-order chi connectivity index (χ1) is 7.97. The molecule has 0 aliphatic rings. The van der Waals surface area contributed by atoms with Gasteiger partial charge in [-0.2, -0.15) is 0 Å². The Hall–Kier alpha value is -0.910. The fourth-order valence-corrected chi connectivity index (χ4v) is 1.59. The van der Waals surface area contributed by atoms with Gasteiger partial charge in [0, 0.05) is 5.02 Å². The highest BCUT2D eigenvalue weighted by molar-refractivity contribution is 6.31. The van der Waals surface area contributed by atoms with E-state index >= 15 is 0 Å². The van der Waals surface area contributed by atoms with Crippen molar-refractivity contribution in [1.82, 2.24) is 0 Å². The molecular weight excluding hydrogens is 287 g/mol. The third-order valence-electron chi connectivity index (χ3n) is 2.15. The van der Waals surface area contributed by atoms with Gasteiger partial charge in [0.1, 0.15) is 5.82 Å². The summed E-state index contributed by atoms with van der Waals surface area (Å²) in [6.45, 7) is 1.62. The van der Waals surface area contributed by atoms with Crippen molar-refractivity contribution < 1.29 is 18.3 Å². The lowest BCUT2D eigenvalue weighted by atomic mass is 10.0. The Balaban J connectivity index is 0.00000289. The number of carbonyl (C=O) groups excluding carboxylic acids is 1. The summed E-state index contributed by atoms with van der Waals surface area (Å²) >= 11 is 5.71. The van der Waals surface area contributed by atoms with Gasteiger partial charge >= 0.3 is 5.97 Å². The molecule has 0 fully saturated rings. The number of esters is 1. The van der Waals surface area contributed by atoms with Crippen LogP contribution in [-0.2, 0) is 9.53 Å². The van der Waals surface area contributed by atoms with Gasteiger partial charge in [-0.05, 0) is 24.6 Å². The number of hydrogen-bond donors (Lipinski definition) is 1. The summed E-state index contributed by atoms with van der Waals surface area (Å²) in [6, 6.07) is 2.07. The van der Waals surface area contributed by atoms with Crippen molar-refractivity contribution in [2.75, 3.05) is 6.61 Å². The van der Waals surface area contributed by atoms with Gasteiger partial charge in [-0.25, -0.2) is 13.6 Å². The molecule has 3 nitrogen and oxygen atoms in total. The van der Waals surface area contributed by atoms with Crippen LogP contribution in [0.5, 0.6) is 0 Å². The third-order valence-corrected chi connectivity index (χ3v) is 2.48. The monoisotopic (exact) mass is 299 g/mol. The fourth-order valence-electron chi connectivity index (χ4n) is 1.30. The Morgan fingerprint density at radius 2 is 2.17 bits per heavy atom. The molecule has 18 heavy (non-hydrogen) atoms. The molecule has 0 heterocycles. The summed E-state index contributed by atoms with van der Waals surface area (Å²) in [5.74, 6) is -1.61. The lowest BCUT2D eigenvalue weighted by Gasteiger charge is -2.16. The minimum Gasteiger partial charge on any atom is -0.464 e. The van der Waals surface area contributed by atoms with Gasteiger partial charge in [0.2, 0.25) is 6.17 Å². The second-order valence-electron chi connectivity index (χ2n) is 3.35. The van der Waals surface area contributed by atoms with Crippen molar-refractivity contribution in [2.45, 2.75) is 19.1 Å². The second kappa shape index (κ2) is 7.51. The van der Waals surface area contributed by atoms with Crippen LogP contribution in [0.25, 0.3) is 0 Å². The van der Waals surface area contributed by atoms with Gasteiger partial charge in [-0.15, -0.1) is 12.4 Å². The van der Waals surface area contributed by atoms with Crippen molar-refractivity contribution in [3.8, 4) is 0 Å². The van der Waals surface area contributed by atoms with Gasteiger partial charge in [-0.1, -0.05) is 17.7 Å². The number of nitrogens with two attached hydrogens (primary N) is 1. The van der Waals surface area contributed by atoms with Gasteiger partial charge in [0.15, 0.2) is 0 Å². The highest BCUT2D eigenvalue weighted by Crippen LogP contribution is 2.26. The molecule has 0 aromatic heterocycles. The van der Waals surface area contributed by atoms with E-state index in [-0.39, 0.29) is 29.6 Å². The molecule has 0 aliphatic heterocycles. The van der Waals surface area contributed by atoms with Crippen molar-refractivity contribution >= 4 is 30.0 Å². The van der Waals surface area contributed by atoms with Crippen molar-refractivity contribution in [3.63, 3.8) is 0 Å². The van der Waals surface area contributed by atoms with Crippen LogP contribution in [0.2, 0.25) is 5.02 Å². The summed E-state index contributed by atoms with van der Waals surface area (Å²) in [5.41, 5.74) is 5.70. The number of hydrogen-bond acceptors (Lipinski definition) is 3. The van der Waals surface area contributed by atoms with E-state index in [9.17, 15) is 13.6 Å². The highest BCUT2D eigenvalue weighted by Gasteiger charge is 2.29. The van der Waals surface area contributed by atoms with E-state index in [4.69, 9.17) is 17.3 Å². The average Bonchev–Trinajstić information content (AvgIpc) is 2.27. The molecule has 1 unspecified atom stereocenters. The van der Waals surface area contributed by atoms with Gasteiger partial charge in [0.05, 0.1) is 12.6 Å². The van der Waals surface area contributed by atoms with Crippen LogP contribution in [0, 0.1) is 5.82 Å². The molecule has 0 spiro atoms. The Kier molecular flexibility index (Phi) is 7.13. The fraction of sp³-hybridized carbons (Fsp3) is 0.364. The minimum atomic E-state index is -2.03. The molecule has 2 N–H and O–H groups in total. The van der Waals surface area contributed by atoms with Crippen LogP contribution in [0.15, 0.2) is 18.2 Å². The number of benzene rings is 1. The minimum absolute atomic E-state index is 0. The zero-order valence-electron chi connectivity index (χ0n) is 9.53. The maximum atomic E-state index is 13.6. The van der Waals surface area contributed by atoms with Crippen molar-refractivity contribution in [1.29, 1.82) is 0 Å². The maximum absolute atomic E-state index is 13.6. The zero-order valence-corrected chi connectivity index (χ0v) is 11.1. The first kappa shape index (κ1) is 17.1. The highest BCUT2D eigenvalue weighted by atomic mass is 35.5. The quantitative estimate of drug-likeness (QED) is 0.870. The Morgan fingerprint density at radius 3 is 2.67 bits per heavy atom. The van der Waals surface area contributed by atoms with E-state index in [0.29, 0.717) is 0 Å². The summed E-state index contributed by atoms with van der Waals surface area (Å²) in [4.78, 5) is 11.1. The molecule has 2 atom stereocenters. The lowest BCUT2D eigenvalue weighted by Crippen LogP contribution is -2.31. The predicted octanol–water partition coefficient (Wildman–Crippen LogP) is 2.80. The molecule has 1 rings (SSSR count). The topological polar surface area (TPSA) is 52.3 Å².